The van der Waals surface area contributed by atoms with E-state index in [1.54, 1.807) is 0 Å². The molecule has 1 aromatic carbocycles. The van der Waals surface area contributed by atoms with Gasteiger partial charge < -0.3 is 16.6 Å². The summed E-state index contributed by atoms with van der Waals surface area (Å²) in [7, 11) is 0. The second-order valence-corrected chi connectivity index (χ2v) is 4.41. The number of carbonyl (C=O) groups excluding carboxylic acids is 1. The fraction of sp³-hybridized carbons (Fsp3) is 0.385. The van der Waals surface area contributed by atoms with E-state index in [4.69, 9.17) is 16.6 Å². The van der Waals surface area contributed by atoms with Crippen molar-refractivity contribution in [3.05, 3.63) is 35.9 Å². The van der Waals surface area contributed by atoms with Crippen LogP contribution in [0.3, 0.4) is 0 Å². The second-order valence-electron chi connectivity index (χ2n) is 4.41. The first-order chi connectivity index (χ1) is 8.99. The van der Waals surface area contributed by atoms with Crippen molar-refractivity contribution in [2.24, 2.45) is 11.5 Å². The topological polar surface area (TPSA) is 110 Å². The molecule has 6 heteroatoms. The first-order valence-electron chi connectivity index (χ1n) is 6.04. The van der Waals surface area contributed by atoms with Crippen LogP contribution in [0.15, 0.2) is 30.3 Å². The lowest BCUT2D eigenvalue weighted by atomic mass is 10.1. The number of benzene rings is 1. The quantitative estimate of drug-likeness (QED) is 0.663. The van der Waals surface area contributed by atoms with Crippen LogP contribution in [0.1, 0.15) is 12.0 Å². The van der Waals surface area contributed by atoms with E-state index in [1.807, 2.05) is 30.3 Å². The lowest BCUT2D eigenvalue weighted by molar-refractivity contribution is -0.118. The molecule has 0 aliphatic heterocycles. The van der Waals surface area contributed by atoms with Crippen LogP contribution in [0.2, 0.25) is 0 Å². The van der Waals surface area contributed by atoms with Gasteiger partial charge in [-0.05, 0) is 18.4 Å². The van der Waals surface area contributed by atoms with E-state index in [-0.39, 0.29) is 19.1 Å². The fourth-order valence-electron chi connectivity index (χ4n) is 1.77. The number of nitrogens with zero attached hydrogens (tertiary/aromatic N) is 1. The lowest BCUT2D eigenvalue weighted by Crippen LogP contribution is -2.44. The summed E-state index contributed by atoms with van der Waals surface area (Å²) in [5.41, 5.74) is 12.0. The number of carboxylic acid groups (broad SMARTS) is 1. The predicted molar refractivity (Wildman–Crippen MR) is 71.5 cm³/mol. The number of nitrogens with two attached hydrogens (primary N) is 2. The highest BCUT2D eigenvalue weighted by Gasteiger charge is 2.17. The van der Waals surface area contributed by atoms with Crippen molar-refractivity contribution in [3.8, 4) is 0 Å². The van der Waals surface area contributed by atoms with Gasteiger partial charge in [0.15, 0.2) is 0 Å². The largest absolute Gasteiger partial charge is 0.465 e. The van der Waals surface area contributed by atoms with Gasteiger partial charge in [-0.1, -0.05) is 30.3 Å². The Morgan fingerprint density at radius 2 is 1.89 bits per heavy atom. The summed E-state index contributed by atoms with van der Waals surface area (Å²) in [4.78, 5) is 22.6. The molecule has 0 aromatic heterocycles. The second kappa shape index (κ2) is 7.38. The van der Waals surface area contributed by atoms with E-state index in [0.29, 0.717) is 6.42 Å². The SMILES string of the molecule is NC(=O)CN(CC(N)CCc1ccccc1)C(=O)O. The summed E-state index contributed by atoms with van der Waals surface area (Å²) in [5.74, 6) is -0.683. The molecule has 0 fully saturated rings. The van der Waals surface area contributed by atoms with Crippen molar-refractivity contribution in [1.29, 1.82) is 0 Å². The minimum atomic E-state index is -1.19. The Hall–Kier alpha value is -2.08. The number of hydrogen-bond acceptors (Lipinski definition) is 3. The highest BCUT2D eigenvalue weighted by atomic mass is 16.4. The zero-order valence-electron chi connectivity index (χ0n) is 10.7. The molecule has 0 radical (unpaired) electrons. The predicted octanol–water partition coefficient (Wildman–Crippen LogP) is 0.412. The van der Waals surface area contributed by atoms with Gasteiger partial charge in [-0.25, -0.2) is 4.79 Å². The molecule has 6 nitrogen and oxygen atoms in total. The average molecular weight is 265 g/mol. The highest BCUT2D eigenvalue weighted by molar-refractivity contribution is 5.80. The van der Waals surface area contributed by atoms with E-state index >= 15 is 0 Å². The molecular formula is C13H19N3O3. The standard InChI is InChI=1S/C13H19N3O3/c14-11(7-6-10-4-2-1-3-5-10)8-16(13(18)19)9-12(15)17/h1-5,11H,6-9,14H2,(H2,15,17)(H,18,19). The van der Waals surface area contributed by atoms with E-state index < -0.39 is 12.0 Å². The van der Waals surface area contributed by atoms with E-state index in [2.05, 4.69) is 0 Å². The van der Waals surface area contributed by atoms with Crippen LogP contribution in [0.5, 0.6) is 0 Å². The van der Waals surface area contributed by atoms with E-state index in [0.717, 1.165) is 16.9 Å². The van der Waals surface area contributed by atoms with E-state index in [9.17, 15) is 9.59 Å². The van der Waals surface area contributed by atoms with Crippen LogP contribution in [-0.2, 0) is 11.2 Å². The molecule has 0 aliphatic carbocycles. The Labute approximate surface area is 112 Å². The van der Waals surface area contributed by atoms with Crippen molar-refractivity contribution in [1.82, 2.24) is 4.90 Å². The minimum Gasteiger partial charge on any atom is -0.465 e. The van der Waals surface area contributed by atoms with Gasteiger partial charge in [0.1, 0.15) is 6.54 Å². The van der Waals surface area contributed by atoms with E-state index in [1.165, 1.54) is 0 Å². The zero-order chi connectivity index (χ0) is 14.3. The molecule has 0 aliphatic rings. The van der Waals surface area contributed by atoms with Crippen LogP contribution in [0, 0.1) is 0 Å². The molecule has 5 N–H and O–H groups in total. The Morgan fingerprint density at radius 1 is 1.26 bits per heavy atom. The fourth-order valence-corrected chi connectivity index (χ4v) is 1.77. The van der Waals surface area contributed by atoms with Crippen LogP contribution in [0.25, 0.3) is 0 Å². The van der Waals surface area contributed by atoms with Crippen molar-refractivity contribution in [2.75, 3.05) is 13.1 Å². The van der Waals surface area contributed by atoms with Gasteiger partial charge in [0.25, 0.3) is 0 Å². The molecule has 104 valence electrons. The first-order valence-corrected chi connectivity index (χ1v) is 6.04. The normalized spacial score (nSPS) is 11.8. The minimum absolute atomic E-state index is 0.102. The summed E-state index contributed by atoms with van der Waals surface area (Å²) in [6, 6.07) is 9.48. The molecule has 19 heavy (non-hydrogen) atoms. The van der Waals surface area contributed by atoms with Crippen molar-refractivity contribution < 1.29 is 14.7 Å². The zero-order valence-corrected chi connectivity index (χ0v) is 10.7. The van der Waals surface area contributed by atoms with Gasteiger partial charge in [0.2, 0.25) is 5.91 Å². The monoisotopic (exact) mass is 265 g/mol. The Morgan fingerprint density at radius 3 is 2.42 bits per heavy atom. The van der Waals surface area contributed by atoms with Gasteiger partial charge in [-0.15, -0.1) is 0 Å². The third-order valence-corrected chi connectivity index (χ3v) is 2.72. The first kappa shape index (κ1) is 15.0. The molecule has 0 spiro atoms. The van der Waals surface area contributed by atoms with Crippen molar-refractivity contribution in [3.63, 3.8) is 0 Å². The van der Waals surface area contributed by atoms with Gasteiger partial charge in [-0.3, -0.25) is 9.69 Å². The summed E-state index contributed by atoms with van der Waals surface area (Å²) >= 11 is 0. The lowest BCUT2D eigenvalue weighted by Gasteiger charge is -2.21. The number of aryl methyl sites for hydroxylation is 1. The molecule has 0 heterocycles. The van der Waals surface area contributed by atoms with Gasteiger partial charge >= 0.3 is 6.09 Å². The number of amides is 2. The molecule has 1 unspecified atom stereocenters. The van der Waals surface area contributed by atoms with Crippen molar-refractivity contribution >= 4 is 12.0 Å². The third kappa shape index (κ3) is 5.87. The van der Waals surface area contributed by atoms with Crippen LogP contribution >= 0.6 is 0 Å². The van der Waals surface area contributed by atoms with Crippen LogP contribution in [0.4, 0.5) is 4.79 Å². The van der Waals surface area contributed by atoms with Crippen molar-refractivity contribution in [2.45, 2.75) is 18.9 Å². The molecule has 0 saturated carbocycles. The van der Waals surface area contributed by atoms with Gasteiger partial charge in [0, 0.05) is 12.6 Å². The van der Waals surface area contributed by atoms with Gasteiger partial charge in [0.05, 0.1) is 0 Å². The summed E-state index contributed by atoms with van der Waals surface area (Å²) in [6.45, 7) is -0.223. The molecule has 1 atom stereocenters. The Kier molecular flexibility index (Phi) is 5.81. The average Bonchev–Trinajstić information content (AvgIpc) is 2.36. The highest BCUT2D eigenvalue weighted by Crippen LogP contribution is 2.05. The maximum absolute atomic E-state index is 10.9. The summed E-state index contributed by atoms with van der Waals surface area (Å²) in [6.07, 6.45) is 0.229. The molecule has 0 bridgehead atoms. The Balaban J connectivity index is 2.42. The smallest absolute Gasteiger partial charge is 0.407 e. The molecular weight excluding hydrogens is 246 g/mol. The maximum atomic E-state index is 10.9. The molecule has 1 rings (SSSR count). The molecule has 0 saturated heterocycles. The summed E-state index contributed by atoms with van der Waals surface area (Å²) in [5, 5.41) is 8.92. The summed E-state index contributed by atoms with van der Waals surface area (Å²) < 4.78 is 0. The number of primary amides is 1. The number of hydrogen-bond donors (Lipinski definition) is 3. The maximum Gasteiger partial charge on any atom is 0.407 e. The number of rotatable bonds is 7. The van der Waals surface area contributed by atoms with Crippen LogP contribution in [-0.4, -0.2) is 41.1 Å². The molecule has 1 aromatic rings. The molecule has 2 amide bonds. The Bertz CT molecular complexity index is 422. The van der Waals surface area contributed by atoms with Gasteiger partial charge in [-0.2, -0.15) is 0 Å². The van der Waals surface area contributed by atoms with Crippen LogP contribution < -0.4 is 11.5 Å². The third-order valence-electron chi connectivity index (χ3n) is 2.72. The number of carbonyl (C=O) groups is 2.